The molecule has 0 saturated heterocycles. The van der Waals surface area contributed by atoms with Gasteiger partial charge < -0.3 is 4.74 Å². The van der Waals surface area contributed by atoms with Gasteiger partial charge in [-0.2, -0.15) is 5.10 Å². The minimum absolute atomic E-state index is 0.187. The van der Waals surface area contributed by atoms with Gasteiger partial charge in [0.2, 0.25) is 5.84 Å². The van der Waals surface area contributed by atoms with E-state index in [1.54, 1.807) is 6.92 Å². The molecule has 8 nitrogen and oxygen atoms in total. The number of amidine groups is 2. The number of hydrazone groups is 2. The van der Waals surface area contributed by atoms with Gasteiger partial charge in [0.05, 0.1) is 29.4 Å². The average molecular weight is 688 g/mol. The number of esters is 1. The molecule has 0 spiro atoms. The maximum Gasteiger partial charge on any atom is 0.376 e. The molecule has 0 bridgehead atoms. The van der Waals surface area contributed by atoms with Crippen molar-refractivity contribution in [3.8, 4) is 0 Å². The highest BCUT2D eigenvalue weighted by Crippen LogP contribution is 2.57. The van der Waals surface area contributed by atoms with Crippen molar-refractivity contribution in [3.05, 3.63) is 155 Å². The van der Waals surface area contributed by atoms with Crippen molar-refractivity contribution in [2.75, 3.05) is 26.4 Å². The molecular formula is C39H32Cl2N6O2. The van der Waals surface area contributed by atoms with Gasteiger partial charge >= 0.3 is 5.97 Å². The summed E-state index contributed by atoms with van der Waals surface area (Å²) < 4.78 is 5.66. The molecule has 244 valence electrons. The molecule has 3 aliphatic rings. The molecule has 0 fully saturated rings. The quantitative estimate of drug-likeness (QED) is 0.166. The molecule has 0 amide bonds. The molecule has 0 N–H and O–H groups in total. The Morgan fingerprint density at radius 3 is 1.88 bits per heavy atom. The Hall–Kier alpha value is -5.31. The smallest absolute Gasteiger partial charge is 0.376 e. The van der Waals surface area contributed by atoms with E-state index in [-0.39, 0.29) is 12.4 Å². The fraction of sp³-hybridized carbons (Fsp3) is 0.154. The third-order valence-corrected chi connectivity index (χ3v) is 9.79. The van der Waals surface area contributed by atoms with E-state index in [0.29, 0.717) is 16.5 Å². The van der Waals surface area contributed by atoms with Crippen LogP contribution >= 0.6 is 23.2 Å². The van der Waals surface area contributed by atoms with Crippen molar-refractivity contribution in [2.45, 2.75) is 31.6 Å². The average Bonchev–Trinajstić information content (AvgIpc) is 3.59. The lowest BCUT2D eigenvalue weighted by molar-refractivity contribution is -0.135. The maximum absolute atomic E-state index is 13.9. The zero-order chi connectivity index (χ0) is 33.8. The molecule has 8 rings (SSSR count). The zero-order valence-electron chi connectivity index (χ0n) is 26.9. The summed E-state index contributed by atoms with van der Waals surface area (Å²) in [7, 11) is 0. The van der Waals surface area contributed by atoms with Gasteiger partial charge in [0.1, 0.15) is 5.66 Å². The lowest BCUT2D eigenvalue weighted by atomic mass is 9.85. The molecule has 0 aromatic heterocycles. The summed E-state index contributed by atoms with van der Waals surface area (Å²) >= 11 is 12.8. The topological polar surface area (TPSA) is 64.0 Å². The van der Waals surface area contributed by atoms with E-state index in [0.717, 1.165) is 39.7 Å². The second-order valence-electron chi connectivity index (χ2n) is 12.2. The highest BCUT2D eigenvalue weighted by Gasteiger charge is 2.63. The number of halogens is 2. The SMILES string of the molecule is CCOC(=O)C1=NN(c2ccc(Cl)cc2)C2(C)CC3(c4ccccc4)N(c4ccccc4)N=C(c4ccc(Cl)cc4)N3c3ccccc3N12. The Bertz CT molecular complexity index is 2090. The van der Waals surface area contributed by atoms with Gasteiger partial charge in [0, 0.05) is 27.6 Å². The molecule has 3 aliphatic heterocycles. The summed E-state index contributed by atoms with van der Waals surface area (Å²) in [5.74, 6) is 0.406. The van der Waals surface area contributed by atoms with Gasteiger partial charge in [0.15, 0.2) is 11.5 Å². The van der Waals surface area contributed by atoms with Crippen LogP contribution in [0.4, 0.5) is 22.7 Å². The molecule has 2 atom stereocenters. The fourth-order valence-corrected chi connectivity index (χ4v) is 7.55. The van der Waals surface area contributed by atoms with Crippen molar-refractivity contribution in [1.82, 2.24) is 0 Å². The van der Waals surface area contributed by atoms with E-state index in [4.69, 9.17) is 38.1 Å². The minimum Gasteiger partial charge on any atom is -0.460 e. The van der Waals surface area contributed by atoms with Crippen LogP contribution in [-0.2, 0) is 15.2 Å². The van der Waals surface area contributed by atoms with Crippen LogP contribution in [0.2, 0.25) is 10.0 Å². The van der Waals surface area contributed by atoms with Crippen molar-refractivity contribution in [3.63, 3.8) is 0 Å². The van der Waals surface area contributed by atoms with Crippen LogP contribution in [0.15, 0.2) is 144 Å². The number of hydrogen-bond donors (Lipinski definition) is 0. The predicted molar refractivity (Wildman–Crippen MR) is 197 cm³/mol. The first-order valence-electron chi connectivity index (χ1n) is 16.1. The van der Waals surface area contributed by atoms with E-state index in [9.17, 15) is 4.79 Å². The molecule has 2 unspecified atom stereocenters. The number of anilines is 4. The molecule has 3 heterocycles. The van der Waals surface area contributed by atoms with Crippen LogP contribution in [0.3, 0.4) is 0 Å². The Labute approximate surface area is 295 Å². The number of nitrogens with zero attached hydrogens (tertiary/aromatic N) is 6. The van der Waals surface area contributed by atoms with E-state index < -0.39 is 17.3 Å². The summed E-state index contributed by atoms with van der Waals surface area (Å²) in [6.45, 7) is 4.12. The molecular weight excluding hydrogens is 655 g/mol. The highest BCUT2D eigenvalue weighted by molar-refractivity contribution is 6.43. The number of para-hydroxylation sites is 3. The third-order valence-electron chi connectivity index (χ3n) is 9.28. The lowest BCUT2D eigenvalue weighted by Gasteiger charge is -2.49. The number of fused-ring (bicyclic) bond motifs is 5. The second kappa shape index (κ2) is 12.0. The van der Waals surface area contributed by atoms with Crippen LogP contribution in [0, 0.1) is 0 Å². The van der Waals surface area contributed by atoms with Crippen LogP contribution in [0.25, 0.3) is 0 Å². The standard InChI is InChI=1S/C39H32Cl2N6O2/c1-3-49-37(48)36-43-46(32-24-22-30(41)23-25-32)38(2)26-39(28-12-6-4-7-13-28)45(34-17-11-10-16-33(34)44(36)38)35(27-18-20-29(40)21-19-27)42-47(39)31-14-8-5-9-15-31/h4-25H,3,26H2,1-2H3. The Balaban J connectivity index is 1.47. The molecule has 5 aromatic rings. The molecule has 49 heavy (non-hydrogen) atoms. The Kier molecular flexibility index (Phi) is 7.58. The summed E-state index contributed by atoms with van der Waals surface area (Å²) in [6, 6.07) is 43.9. The first-order chi connectivity index (χ1) is 23.8. The lowest BCUT2D eigenvalue weighted by Crippen LogP contribution is -2.62. The van der Waals surface area contributed by atoms with Crippen molar-refractivity contribution >= 4 is 63.6 Å². The number of hydrogen-bond acceptors (Lipinski definition) is 8. The van der Waals surface area contributed by atoms with Crippen LogP contribution < -0.4 is 19.8 Å². The molecule has 0 saturated carbocycles. The zero-order valence-corrected chi connectivity index (χ0v) is 28.4. The largest absolute Gasteiger partial charge is 0.460 e. The van der Waals surface area contributed by atoms with Crippen LogP contribution in [0.1, 0.15) is 31.4 Å². The van der Waals surface area contributed by atoms with Crippen molar-refractivity contribution in [1.29, 1.82) is 0 Å². The fourth-order valence-electron chi connectivity index (χ4n) is 7.30. The number of rotatable bonds is 6. The van der Waals surface area contributed by atoms with E-state index in [2.05, 4.69) is 59.3 Å². The number of carbonyl (C=O) groups excluding carboxylic acids is 1. The van der Waals surface area contributed by atoms with Crippen molar-refractivity contribution < 1.29 is 9.53 Å². The molecule has 10 heteroatoms. The Morgan fingerprint density at radius 2 is 1.24 bits per heavy atom. The maximum atomic E-state index is 13.9. The van der Waals surface area contributed by atoms with Gasteiger partial charge in [-0.3, -0.25) is 9.80 Å². The van der Waals surface area contributed by atoms with Crippen LogP contribution in [0.5, 0.6) is 0 Å². The Morgan fingerprint density at radius 1 is 0.694 bits per heavy atom. The van der Waals surface area contributed by atoms with E-state index in [1.807, 2.05) is 101 Å². The molecule has 0 radical (unpaired) electrons. The van der Waals surface area contributed by atoms with E-state index in [1.165, 1.54) is 0 Å². The highest BCUT2D eigenvalue weighted by atomic mass is 35.5. The summed E-state index contributed by atoms with van der Waals surface area (Å²) in [6.07, 6.45) is 0.392. The summed E-state index contributed by atoms with van der Waals surface area (Å²) in [5.41, 5.74) is 3.24. The predicted octanol–water partition coefficient (Wildman–Crippen LogP) is 8.86. The number of benzene rings is 5. The first kappa shape index (κ1) is 31.0. The van der Waals surface area contributed by atoms with Gasteiger partial charge in [-0.1, -0.05) is 83.9 Å². The van der Waals surface area contributed by atoms with Gasteiger partial charge in [-0.15, -0.1) is 5.10 Å². The van der Waals surface area contributed by atoms with Gasteiger partial charge in [-0.25, -0.2) is 14.8 Å². The first-order valence-corrected chi connectivity index (χ1v) is 16.9. The molecule has 0 aliphatic carbocycles. The minimum atomic E-state index is -0.978. The molecule has 5 aromatic carbocycles. The van der Waals surface area contributed by atoms with E-state index >= 15 is 0 Å². The van der Waals surface area contributed by atoms with Gasteiger partial charge in [0.25, 0.3) is 0 Å². The van der Waals surface area contributed by atoms with Crippen molar-refractivity contribution in [2.24, 2.45) is 10.2 Å². The normalized spacial score (nSPS) is 21.0. The summed E-state index contributed by atoms with van der Waals surface area (Å²) in [5, 5.41) is 15.8. The summed E-state index contributed by atoms with van der Waals surface area (Å²) in [4.78, 5) is 18.2. The third kappa shape index (κ3) is 4.85. The number of ether oxygens (including phenoxy) is 1. The van der Waals surface area contributed by atoms with Gasteiger partial charge in [-0.05, 0) is 86.6 Å². The number of carbonyl (C=O) groups is 1. The van der Waals surface area contributed by atoms with Crippen LogP contribution in [-0.4, -0.2) is 29.9 Å². The second-order valence-corrected chi connectivity index (χ2v) is 13.1. The monoisotopic (exact) mass is 686 g/mol.